The first-order valence-corrected chi connectivity index (χ1v) is 9.41. The number of anilines is 2. The highest BCUT2D eigenvalue weighted by atomic mass is 32.1. The first kappa shape index (κ1) is 19.0. The van der Waals surface area contributed by atoms with Crippen LogP contribution in [-0.4, -0.2) is 40.3 Å². The van der Waals surface area contributed by atoms with Gasteiger partial charge >= 0.3 is 0 Å². The minimum absolute atomic E-state index is 0.00513. The predicted octanol–water partition coefficient (Wildman–Crippen LogP) is 1.30. The second-order valence-electron chi connectivity index (χ2n) is 6.33. The molecular weight excluding hydrogens is 366 g/mol. The van der Waals surface area contributed by atoms with E-state index < -0.39 is 0 Å². The van der Waals surface area contributed by atoms with Crippen molar-refractivity contribution in [3.8, 4) is 6.07 Å². The van der Waals surface area contributed by atoms with Gasteiger partial charge in [-0.25, -0.2) is 4.98 Å². The molecule has 0 aromatic carbocycles. The smallest absolute Gasteiger partial charge is 0.223 e. The Balaban J connectivity index is 1.59. The van der Waals surface area contributed by atoms with Gasteiger partial charge in [0, 0.05) is 19.2 Å². The molecule has 0 aliphatic heterocycles. The summed E-state index contributed by atoms with van der Waals surface area (Å²) in [6.45, 7) is 0.327. The van der Waals surface area contributed by atoms with E-state index in [1.165, 1.54) is 17.5 Å². The normalized spacial score (nSPS) is 22.0. The van der Waals surface area contributed by atoms with Crippen molar-refractivity contribution in [3.05, 3.63) is 28.9 Å². The topological polar surface area (TPSA) is 139 Å². The van der Waals surface area contributed by atoms with Gasteiger partial charge in [0.2, 0.25) is 11.0 Å². The lowest BCUT2D eigenvalue weighted by molar-refractivity contribution is -0.127. The molecule has 4 N–H and O–H groups in total. The van der Waals surface area contributed by atoms with Crippen LogP contribution in [0.3, 0.4) is 0 Å². The van der Waals surface area contributed by atoms with Gasteiger partial charge in [-0.15, -0.1) is 10.2 Å². The van der Waals surface area contributed by atoms with Crippen LogP contribution in [0.5, 0.6) is 0 Å². The maximum absolute atomic E-state index is 12.5. The van der Waals surface area contributed by atoms with Crippen molar-refractivity contribution >= 4 is 28.2 Å². The van der Waals surface area contributed by atoms with E-state index in [2.05, 4.69) is 25.8 Å². The van der Waals surface area contributed by atoms with Crippen LogP contribution < -0.4 is 16.4 Å². The lowest BCUT2D eigenvalue weighted by Crippen LogP contribution is -2.45. The Morgan fingerprint density at radius 3 is 2.93 bits per heavy atom. The Morgan fingerprint density at radius 1 is 1.44 bits per heavy atom. The zero-order valence-electron chi connectivity index (χ0n) is 14.9. The minimum Gasteiger partial charge on any atom is -0.379 e. The Kier molecular flexibility index (Phi) is 6.16. The molecule has 0 bridgehead atoms. The summed E-state index contributed by atoms with van der Waals surface area (Å²) < 4.78 is 5.58. The van der Waals surface area contributed by atoms with Crippen molar-refractivity contribution in [1.29, 1.82) is 5.26 Å². The molecule has 1 aliphatic rings. The summed E-state index contributed by atoms with van der Waals surface area (Å²) in [6, 6.07) is 5.47. The van der Waals surface area contributed by atoms with Crippen molar-refractivity contribution in [2.45, 2.75) is 38.0 Å². The summed E-state index contributed by atoms with van der Waals surface area (Å²) in [5.41, 5.74) is 6.06. The molecule has 2 heterocycles. The lowest BCUT2D eigenvalue weighted by Gasteiger charge is -2.35. The van der Waals surface area contributed by atoms with E-state index >= 15 is 0 Å². The number of carbonyl (C=O) groups excluding carboxylic acids is 1. The van der Waals surface area contributed by atoms with E-state index in [0.29, 0.717) is 34.5 Å². The van der Waals surface area contributed by atoms with E-state index in [4.69, 9.17) is 15.7 Å². The first-order chi connectivity index (χ1) is 13.1. The highest BCUT2D eigenvalue weighted by Gasteiger charge is 2.34. The van der Waals surface area contributed by atoms with Crippen molar-refractivity contribution in [3.63, 3.8) is 0 Å². The number of hydrogen-bond acceptors (Lipinski definition) is 9. The number of aromatic nitrogens is 3. The van der Waals surface area contributed by atoms with Crippen LogP contribution in [0.1, 0.15) is 29.8 Å². The molecule has 2 aromatic heterocycles. The number of amides is 1. The summed E-state index contributed by atoms with van der Waals surface area (Å²) in [4.78, 5) is 16.8. The quantitative estimate of drug-likeness (QED) is 0.674. The number of nitrogen functional groups attached to an aromatic ring is 1. The number of rotatable bonds is 6. The largest absolute Gasteiger partial charge is 0.379 e. The highest BCUT2D eigenvalue weighted by Crippen LogP contribution is 2.29. The fourth-order valence-corrected chi connectivity index (χ4v) is 3.74. The summed E-state index contributed by atoms with van der Waals surface area (Å²) in [6.07, 6.45) is 3.67. The summed E-state index contributed by atoms with van der Waals surface area (Å²) in [5, 5.41) is 23.8. The number of carbonyl (C=O) groups is 1. The molecule has 2 aromatic rings. The molecule has 0 unspecified atom stereocenters. The van der Waals surface area contributed by atoms with Gasteiger partial charge in [-0.2, -0.15) is 5.26 Å². The fourth-order valence-electron chi connectivity index (χ4n) is 3.20. The number of nitrogens with zero attached hydrogens (tertiary/aromatic N) is 4. The zero-order valence-corrected chi connectivity index (χ0v) is 15.7. The second kappa shape index (κ2) is 8.75. The minimum atomic E-state index is -0.127. The second-order valence-corrected chi connectivity index (χ2v) is 7.42. The monoisotopic (exact) mass is 387 g/mol. The van der Waals surface area contributed by atoms with Crippen molar-refractivity contribution in [2.75, 3.05) is 18.2 Å². The molecule has 3 atom stereocenters. The Morgan fingerprint density at radius 2 is 2.30 bits per heavy atom. The van der Waals surface area contributed by atoms with Gasteiger partial charge in [0.25, 0.3) is 0 Å². The van der Waals surface area contributed by atoms with Crippen molar-refractivity contribution < 1.29 is 9.53 Å². The van der Waals surface area contributed by atoms with E-state index in [-0.39, 0.29) is 24.0 Å². The summed E-state index contributed by atoms with van der Waals surface area (Å²) in [5.74, 6) is 0.516. The Labute approximate surface area is 161 Å². The van der Waals surface area contributed by atoms with Gasteiger partial charge in [0.15, 0.2) is 0 Å². The van der Waals surface area contributed by atoms with Gasteiger partial charge in [0.05, 0.1) is 24.3 Å². The molecule has 9 nitrogen and oxygen atoms in total. The van der Waals surface area contributed by atoms with Gasteiger partial charge in [-0.1, -0.05) is 11.3 Å². The molecule has 1 saturated carbocycles. The third kappa shape index (κ3) is 4.90. The van der Waals surface area contributed by atoms with Gasteiger partial charge < -0.3 is 21.1 Å². The predicted molar refractivity (Wildman–Crippen MR) is 101 cm³/mol. The van der Waals surface area contributed by atoms with Crippen LogP contribution in [-0.2, 0) is 16.1 Å². The van der Waals surface area contributed by atoms with E-state index in [9.17, 15) is 4.79 Å². The van der Waals surface area contributed by atoms with Gasteiger partial charge in [-0.05, 0) is 31.4 Å². The fraction of sp³-hybridized carbons (Fsp3) is 0.471. The van der Waals surface area contributed by atoms with Crippen molar-refractivity contribution in [1.82, 2.24) is 20.5 Å². The SMILES string of the molecule is CO[C@@H]1CC[C@H](C(=O)NCc2nnc(N)s2)C[C@H]1Nc1ccc(C#N)cn1. The van der Waals surface area contributed by atoms with Crippen LogP contribution >= 0.6 is 11.3 Å². The number of methoxy groups -OCH3 is 1. The molecule has 3 rings (SSSR count). The number of ether oxygens (including phenoxy) is 1. The van der Waals surface area contributed by atoms with E-state index in [1.54, 1.807) is 19.2 Å². The van der Waals surface area contributed by atoms with Crippen LogP contribution in [0.25, 0.3) is 0 Å². The molecule has 1 fully saturated rings. The molecule has 27 heavy (non-hydrogen) atoms. The molecule has 0 spiro atoms. The van der Waals surface area contributed by atoms with E-state index in [1.807, 2.05) is 6.07 Å². The third-order valence-corrected chi connectivity index (χ3v) is 5.34. The van der Waals surface area contributed by atoms with Crippen molar-refractivity contribution in [2.24, 2.45) is 5.92 Å². The number of nitriles is 1. The molecule has 10 heteroatoms. The standard InChI is InChI=1S/C17H21N7O2S/c1-26-13-4-3-11(16(25)21-9-15-23-24-17(19)27-15)6-12(13)22-14-5-2-10(7-18)8-20-14/h2,5,8,11-13H,3-4,6,9H2,1H3,(H2,19,24)(H,20,22)(H,21,25)/t11-,12+,13+/m0/s1. The van der Waals surface area contributed by atoms with Gasteiger partial charge in [-0.3, -0.25) is 4.79 Å². The van der Waals surface area contributed by atoms with Crippen LogP contribution in [0.15, 0.2) is 18.3 Å². The number of pyridine rings is 1. The van der Waals surface area contributed by atoms with Gasteiger partial charge in [0.1, 0.15) is 16.9 Å². The molecule has 1 amide bonds. The van der Waals surface area contributed by atoms with Crippen LogP contribution in [0, 0.1) is 17.2 Å². The Hall–Kier alpha value is -2.77. The average molecular weight is 387 g/mol. The van der Waals surface area contributed by atoms with Crippen LogP contribution in [0.2, 0.25) is 0 Å². The maximum atomic E-state index is 12.5. The number of nitrogens with one attached hydrogen (secondary N) is 2. The average Bonchev–Trinajstić information content (AvgIpc) is 3.12. The van der Waals surface area contributed by atoms with E-state index in [0.717, 1.165) is 12.8 Å². The number of hydrogen-bond donors (Lipinski definition) is 3. The third-order valence-electron chi connectivity index (χ3n) is 4.58. The molecule has 0 radical (unpaired) electrons. The lowest BCUT2D eigenvalue weighted by atomic mass is 9.83. The Bertz CT molecular complexity index is 817. The zero-order chi connectivity index (χ0) is 19.2. The molecule has 0 saturated heterocycles. The number of nitrogens with two attached hydrogens (primary N) is 1. The first-order valence-electron chi connectivity index (χ1n) is 8.60. The molecule has 142 valence electrons. The summed E-state index contributed by atoms with van der Waals surface area (Å²) in [7, 11) is 1.67. The van der Waals surface area contributed by atoms with Crippen LogP contribution in [0.4, 0.5) is 10.9 Å². The summed E-state index contributed by atoms with van der Waals surface area (Å²) >= 11 is 1.26. The highest BCUT2D eigenvalue weighted by molar-refractivity contribution is 7.15. The molecule has 1 aliphatic carbocycles. The molecular formula is C17H21N7O2S. The maximum Gasteiger partial charge on any atom is 0.223 e.